The number of hydrogen-bond donors (Lipinski definition) is 1. The molecule has 2 unspecified atom stereocenters. The van der Waals surface area contributed by atoms with Gasteiger partial charge in [-0.1, -0.05) is 191 Å². The van der Waals surface area contributed by atoms with Gasteiger partial charge in [-0.3, -0.25) is 18.6 Å². The molecule has 0 aliphatic heterocycles. The van der Waals surface area contributed by atoms with E-state index in [1.807, 2.05) is 21.1 Å². The Hall–Kier alpha value is -4.37. The monoisotopic (exact) mass is 1020 g/mol. The summed E-state index contributed by atoms with van der Waals surface area (Å²) in [6, 6.07) is 0. The zero-order chi connectivity index (χ0) is 52.7. The molecule has 0 saturated heterocycles. The smallest absolute Gasteiger partial charge is 0.462 e. The average Bonchev–Trinajstić information content (AvgIpc) is 3.34. The summed E-state index contributed by atoms with van der Waals surface area (Å²) >= 11 is 0. The lowest BCUT2D eigenvalue weighted by molar-refractivity contribution is -0.870. The maximum Gasteiger partial charge on any atom is 0.472 e. The molecule has 0 aromatic heterocycles. The van der Waals surface area contributed by atoms with Crippen LogP contribution < -0.4 is 0 Å². The molecule has 72 heavy (non-hydrogen) atoms. The molecule has 0 spiro atoms. The van der Waals surface area contributed by atoms with E-state index >= 15 is 0 Å². The molecular formula is C62H99NO8P+. The number of rotatable bonds is 47. The van der Waals surface area contributed by atoms with Gasteiger partial charge in [0.2, 0.25) is 0 Å². The predicted octanol–water partition coefficient (Wildman–Crippen LogP) is 16.9. The van der Waals surface area contributed by atoms with Crippen molar-refractivity contribution < 1.29 is 42.1 Å². The fourth-order valence-electron chi connectivity index (χ4n) is 6.41. The molecule has 0 aliphatic carbocycles. The molecule has 9 nitrogen and oxygen atoms in total. The van der Waals surface area contributed by atoms with Crippen LogP contribution in [0.3, 0.4) is 0 Å². The Kier molecular flexibility index (Phi) is 48.4. The Labute approximate surface area is 439 Å². The lowest BCUT2D eigenvalue weighted by Gasteiger charge is -2.24. The van der Waals surface area contributed by atoms with Gasteiger partial charge >= 0.3 is 19.8 Å². The number of ether oxygens (including phenoxy) is 2. The highest BCUT2D eigenvalue weighted by molar-refractivity contribution is 7.47. The highest BCUT2D eigenvalue weighted by Crippen LogP contribution is 2.43. The molecule has 0 saturated carbocycles. The average molecular weight is 1020 g/mol. The number of carbonyl (C=O) groups excluding carboxylic acids is 2. The van der Waals surface area contributed by atoms with Gasteiger partial charge in [-0.15, -0.1) is 0 Å². The van der Waals surface area contributed by atoms with Crippen molar-refractivity contribution in [3.63, 3.8) is 0 Å². The van der Waals surface area contributed by atoms with E-state index in [1.54, 1.807) is 0 Å². The van der Waals surface area contributed by atoms with E-state index in [4.69, 9.17) is 18.5 Å². The van der Waals surface area contributed by atoms with Gasteiger partial charge in [0.1, 0.15) is 19.8 Å². The first-order valence-corrected chi connectivity index (χ1v) is 28.7. The van der Waals surface area contributed by atoms with Crippen molar-refractivity contribution in [3.05, 3.63) is 158 Å². The van der Waals surface area contributed by atoms with E-state index in [0.717, 1.165) is 128 Å². The number of nitrogens with zero attached hydrogens (tertiary/aromatic N) is 1. The molecular weight excluding hydrogens is 918 g/mol. The van der Waals surface area contributed by atoms with Gasteiger partial charge in [0, 0.05) is 12.8 Å². The summed E-state index contributed by atoms with van der Waals surface area (Å²) in [5.41, 5.74) is 0. The number of unbranched alkanes of at least 4 members (excludes halogenated alkanes) is 7. The quantitative estimate of drug-likeness (QED) is 0.0211. The van der Waals surface area contributed by atoms with Crippen molar-refractivity contribution in [3.8, 4) is 0 Å². The second-order valence-corrected chi connectivity index (χ2v) is 19.9. The van der Waals surface area contributed by atoms with Gasteiger partial charge in [0.05, 0.1) is 27.7 Å². The molecule has 2 atom stereocenters. The lowest BCUT2D eigenvalue weighted by atomic mass is 10.1. The molecule has 0 aromatic rings. The first-order chi connectivity index (χ1) is 35.0. The number of phosphoric acid groups is 1. The molecule has 0 rings (SSSR count). The van der Waals surface area contributed by atoms with Crippen LogP contribution in [0.4, 0.5) is 0 Å². The van der Waals surface area contributed by atoms with Crippen molar-refractivity contribution in [2.24, 2.45) is 0 Å². The molecule has 0 bridgehead atoms. The second kappa shape index (κ2) is 51.5. The highest BCUT2D eigenvalue weighted by Gasteiger charge is 2.27. The summed E-state index contributed by atoms with van der Waals surface area (Å²) in [5, 5.41) is 0. The van der Waals surface area contributed by atoms with Gasteiger partial charge in [-0.25, -0.2) is 4.57 Å². The third-order valence-electron chi connectivity index (χ3n) is 10.6. The van der Waals surface area contributed by atoms with Crippen molar-refractivity contribution in [1.29, 1.82) is 0 Å². The summed E-state index contributed by atoms with van der Waals surface area (Å²) < 4.78 is 34.4. The number of likely N-dealkylation sites (N-methyl/N-ethyl adjacent to an activating group) is 1. The van der Waals surface area contributed by atoms with Crippen molar-refractivity contribution in [1.82, 2.24) is 0 Å². The SMILES string of the molecule is CC/C=C\C/C=C\C/C=C\C/C=C\C/C=C\C/C=C\C/C=C\C/C=C\C/C=C\CCCCCC(=O)OC(COC(=O)CCCCCC/C=C\C/C=C\C/C=C\C/C=C\CC)COP(=O)(O)OCC[N+](C)(C)C. The number of hydrogen-bond acceptors (Lipinski definition) is 7. The molecule has 0 amide bonds. The Bertz CT molecular complexity index is 1770. The minimum absolute atomic E-state index is 0.0104. The summed E-state index contributed by atoms with van der Waals surface area (Å²) in [6.45, 7) is 4.09. The van der Waals surface area contributed by atoms with Gasteiger partial charge in [0.25, 0.3) is 0 Å². The summed E-state index contributed by atoms with van der Waals surface area (Å²) in [7, 11) is 1.41. The van der Waals surface area contributed by atoms with E-state index in [-0.39, 0.29) is 26.1 Å². The van der Waals surface area contributed by atoms with Gasteiger partial charge < -0.3 is 18.9 Å². The first kappa shape index (κ1) is 67.6. The van der Waals surface area contributed by atoms with E-state index in [2.05, 4.69) is 172 Å². The predicted molar refractivity (Wildman–Crippen MR) is 306 cm³/mol. The summed E-state index contributed by atoms with van der Waals surface area (Å²) in [4.78, 5) is 35.6. The Morgan fingerprint density at radius 3 is 1.11 bits per heavy atom. The van der Waals surface area contributed by atoms with E-state index in [0.29, 0.717) is 23.9 Å². The molecule has 0 heterocycles. The van der Waals surface area contributed by atoms with Crippen LogP contribution in [-0.2, 0) is 32.7 Å². The first-order valence-electron chi connectivity index (χ1n) is 27.2. The van der Waals surface area contributed by atoms with E-state index in [9.17, 15) is 19.0 Å². The minimum Gasteiger partial charge on any atom is -0.462 e. The van der Waals surface area contributed by atoms with Crippen LogP contribution >= 0.6 is 7.82 Å². The number of esters is 2. The standard InChI is InChI=1S/C62H98NO8P/c1-6-8-10-12-14-16-18-20-22-24-25-26-27-28-29-30-31-32-33-34-35-36-37-39-41-43-45-47-49-51-53-55-62(65)71-60(59-70-72(66,67)69-57-56-63(3,4)5)58-68-61(64)54-52-50-48-46-44-42-40-38-23-21-19-17-15-13-11-9-7-2/h8-11,14-17,20-23,25-26,28-29,31-32,34-35,37,39-40,42-43,45,60H,6-7,12-13,18-19,24,27,30,33,36,38,41,44,46-59H2,1-5H3/p+1/b10-8-,11-9-,16-14-,17-15-,22-20-,23-21-,26-25-,29-28-,32-31-,35-34-,39-37-,42-40-,45-43-. The normalized spacial score (nSPS) is 14.6. The van der Waals surface area contributed by atoms with Crippen molar-refractivity contribution in [2.45, 2.75) is 174 Å². The molecule has 0 aromatic carbocycles. The Morgan fingerprint density at radius 2 is 0.750 bits per heavy atom. The number of carbonyl (C=O) groups is 2. The van der Waals surface area contributed by atoms with Gasteiger partial charge in [-0.05, 0) is 122 Å². The largest absolute Gasteiger partial charge is 0.472 e. The third-order valence-corrected chi connectivity index (χ3v) is 11.5. The molecule has 0 fully saturated rings. The minimum atomic E-state index is -4.41. The Balaban J connectivity index is 4.36. The van der Waals surface area contributed by atoms with Crippen LogP contribution in [0.1, 0.15) is 168 Å². The molecule has 404 valence electrons. The maximum atomic E-state index is 12.8. The van der Waals surface area contributed by atoms with Crippen LogP contribution in [0, 0.1) is 0 Å². The topological polar surface area (TPSA) is 108 Å². The fraction of sp³-hybridized carbons (Fsp3) is 0.548. The van der Waals surface area contributed by atoms with Crippen molar-refractivity contribution in [2.75, 3.05) is 47.5 Å². The highest BCUT2D eigenvalue weighted by atomic mass is 31.2. The molecule has 1 N–H and O–H groups in total. The lowest BCUT2D eigenvalue weighted by Crippen LogP contribution is -2.37. The third kappa shape index (κ3) is 55.0. The number of quaternary nitrogens is 1. The Morgan fingerprint density at radius 1 is 0.431 bits per heavy atom. The summed E-state index contributed by atoms with van der Waals surface area (Å²) in [5.74, 6) is -0.881. The van der Waals surface area contributed by atoms with Crippen LogP contribution in [0.15, 0.2) is 158 Å². The number of phosphoric ester groups is 1. The zero-order valence-corrected chi connectivity index (χ0v) is 46.5. The molecule has 0 aliphatic rings. The van der Waals surface area contributed by atoms with Crippen LogP contribution in [0.5, 0.6) is 0 Å². The fourth-order valence-corrected chi connectivity index (χ4v) is 7.15. The molecule has 10 heteroatoms. The second-order valence-electron chi connectivity index (χ2n) is 18.5. The molecule has 0 radical (unpaired) electrons. The van der Waals surface area contributed by atoms with E-state index in [1.165, 1.54) is 0 Å². The van der Waals surface area contributed by atoms with Crippen LogP contribution in [0.25, 0.3) is 0 Å². The van der Waals surface area contributed by atoms with Gasteiger partial charge in [-0.2, -0.15) is 0 Å². The number of allylic oxidation sites excluding steroid dienone is 26. The van der Waals surface area contributed by atoms with E-state index < -0.39 is 32.5 Å². The zero-order valence-electron chi connectivity index (χ0n) is 45.6. The maximum absolute atomic E-state index is 12.8. The van der Waals surface area contributed by atoms with Crippen molar-refractivity contribution >= 4 is 19.8 Å². The van der Waals surface area contributed by atoms with Crippen LogP contribution in [-0.4, -0.2) is 74.9 Å². The van der Waals surface area contributed by atoms with Gasteiger partial charge in [0.15, 0.2) is 6.10 Å². The van der Waals surface area contributed by atoms with Crippen LogP contribution in [0.2, 0.25) is 0 Å². The summed E-state index contributed by atoms with van der Waals surface area (Å²) in [6.07, 6.45) is 77.4.